The van der Waals surface area contributed by atoms with Crippen LogP contribution in [0.15, 0.2) is 11.4 Å². The lowest BCUT2D eigenvalue weighted by atomic mass is 9.94. The number of nitrogens with two attached hydrogens (primary N) is 1. The van der Waals surface area contributed by atoms with Crippen LogP contribution in [-0.4, -0.2) is 0 Å². The van der Waals surface area contributed by atoms with Gasteiger partial charge in [-0.1, -0.05) is 24.4 Å². The van der Waals surface area contributed by atoms with E-state index < -0.39 is 0 Å². The summed E-state index contributed by atoms with van der Waals surface area (Å²) in [5, 5.41) is 2.10. The van der Waals surface area contributed by atoms with Gasteiger partial charge in [0.25, 0.3) is 0 Å². The van der Waals surface area contributed by atoms with Crippen LogP contribution in [-0.2, 0) is 0 Å². The Morgan fingerprint density at radius 2 is 2.21 bits per heavy atom. The number of nitrogens with one attached hydrogen (secondary N) is 1. The van der Waals surface area contributed by atoms with E-state index in [4.69, 9.17) is 17.4 Å². The summed E-state index contributed by atoms with van der Waals surface area (Å²) in [5.74, 6) is 6.29. The van der Waals surface area contributed by atoms with E-state index in [1.54, 1.807) is 11.3 Å². The largest absolute Gasteiger partial charge is 0.271 e. The summed E-state index contributed by atoms with van der Waals surface area (Å²) >= 11 is 7.49. The van der Waals surface area contributed by atoms with Gasteiger partial charge in [0.1, 0.15) is 0 Å². The first-order valence-electron chi connectivity index (χ1n) is 5.01. The first-order chi connectivity index (χ1) is 6.81. The van der Waals surface area contributed by atoms with Crippen LogP contribution in [0.1, 0.15) is 37.3 Å². The quantitative estimate of drug-likeness (QED) is 0.619. The van der Waals surface area contributed by atoms with Crippen molar-refractivity contribution >= 4 is 22.9 Å². The Morgan fingerprint density at radius 1 is 1.50 bits per heavy atom. The molecule has 78 valence electrons. The Hall–Kier alpha value is -0.0900. The van der Waals surface area contributed by atoms with E-state index >= 15 is 0 Å². The smallest absolute Gasteiger partial charge is 0.0931 e. The molecule has 3 N–H and O–H groups in total. The maximum absolute atomic E-state index is 5.92. The van der Waals surface area contributed by atoms with Gasteiger partial charge in [-0.2, -0.15) is 0 Å². The van der Waals surface area contributed by atoms with Gasteiger partial charge in [0, 0.05) is 6.04 Å². The SMILES string of the molecule is NNC(c1csc(Cl)c1)C1CCCC1. The standard InChI is InChI=1S/C10H15ClN2S/c11-9-5-8(6-14-9)10(13-12)7-3-1-2-4-7/h5-7,10,13H,1-4,12H2. The summed E-state index contributed by atoms with van der Waals surface area (Å²) in [6.07, 6.45) is 5.23. The second-order valence-electron chi connectivity index (χ2n) is 3.87. The third-order valence-corrected chi connectivity index (χ3v) is 4.11. The van der Waals surface area contributed by atoms with Crippen molar-refractivity contribution in [2.24, 2.45) is 11.8 Å². The normalized spacial score (nSPS) is 20.1. The van der Waals surface area contributed by atoms with Crippen LogP contribution in [0.4, 0.5) is 0 Å². The maximum atomic E-state index is 5.92. The molecule has 1 fully saturated rings. The van der Waals surface area contributed by atoms with Crippen molar-refractivity contribution in [3.05, 3.63) is 21.3 Å². The second kappa shape index (κ2) is 4.62. The number of rotatable bonds is 3. The summed E-state index contributed by atoms with van der Waals surface area (Å²) in [6.45, 7) is 0. The van der Waals surface area contributed by atoms with E-state index in [1.165, 1.54) is 31.2 Å². The Kier molecular flexibility index (Phi) is 3.44. The van der Waals surface area contributed by atoms with Gasteiger partial charge >= 0.3 is 0 Å². The third kappa shape index (κ3) is 2.11. The first-order valence-corrected chi connectivity index (χ1v) is 6.27. The minimum atomic E-state index is 0.293. The molecule has 1 aromatic heterocycles. The molecular weight excluding hydrogens is 216 g/mol. The predicted octanol–water partition coefficient (Wildman–Crippen LogP) is 3.10. The average Bonchev–Trinajstić information content (AvgIpc) is 2.79. The summed E-state index contributed by atoms with van der Waals surface area (Å²) in [4.78, 5) is 0. The summed E-state index contributed by atoms with van der Waals surface area (Å²) in [5.41, 5.74) is 4.17. The van der Waals surface area contributed by atoms with Gasteiger partial charge in [-0.15, -0.1) is 11.3 Å². The zero-order chi connectivity index (χ0) is 9.97. The number of halogens is 1. The van der Waals surface area contributed by atoms with Crippen molar-refractivity contribution in [1.82, 2.24) is 5.43 Å². The molecule has 2 rings (SSSR count). The number of hydrazine groups is 1. The zero-order valence-electron chi connectivity index (χ0n) is 8.00. The van der Waals surface area contributed by atoms with Gasteiger partial charge in [0.2, 0.25) is 0 Å². The van der Waals surface area contributed by atoms with Crippen molar-refractivity contribution in [1.29, 1.82) is 0 Å². The molecule has 0 spiro atoms. The van der Waals surface area contributed by atoms with Crippen molar-refractivity contribution in [2.75, 3.05) is 0 Å². The van der Waals surface area contributed by atoms with Crippen molar-refractivity contribution in [3.63, 3.8) is 0 Å². The average molecular weight is 231 g/mol. The molecule has 1 unspecified atom stereocenters. The fourth-order valence-corrected chi connectivity index (χ4v) is 3.21. The van der Waals surface area contributed by atoms with E-state index in [0.29, 0.717) is 12.0 Å². The molecule has 2 nitrogen and oxygen atoms in total. The fraction of sp³-hybridized carbons (Fsp3) is 0.600. The van der Waals surface area contributed by atoms with Crippen LogP contribution < -0.4 is 11.3 Å². The monoisotopic (exact) mass is 230 g/mol. The van der Waals surface area contributed by atoms with E-state index in [0.717, 1.165) is 4.34 Å². The van der Waals surface area contributed by atoms with Crippen LogP contribution in [0.3, 0.4) is 0 Å². The minimum Gasteiger partial charge on any atom is -0.271 e. The number of hydrogen-bond acceptors (Lipinski definition) is 3. The Morgan fingerprint density at radius 3 is 2.71 bits per heavy atom. The van der Waals surface area contributed by atoms with Gasteiger partial charge in [0.15, 0.2) is 0 Å². The highest BCUT2D eigenvalue weighted by molar-refractivity contribution is 7.14. The molecule has 0 amide bonds. The van der Waals surface area contributed by atoms with Gasteiger partial charge in [0.05, 0.1) is 4.34 Å². The van der Waals surface area contributed by atoms with Crippen LogP contribution in [0.2, 0.25) is 4.34 Å². The molecule has 4 heteroatoms. The van der Waals surface area contributed by atoms with Gasteiger partial charge in [-0.25, -0.2) is 0 Å². The molecule has 0 saturated heterocycles. The number of hydrogen-bond donors (Lipinski definition) is 2. The molecule has 0 aromatic carbocycles. The summed E-state index contributed by atoms with van der Waals surface area (Å²) in [6, 6.07) is 2.32. The molecule has 1 aliphatic rings. The van der Waals surface area contributed by atoms with Gasteiger partial charge in [-0.05, 0) is 35.8 Å². The molecule has 0 radical (unpaired) electrons. The first kappa shape index (κ1) is 10.4. The lowest BCUT2D eigenvalue weighted by molar-refractivity contribution is 0.374. The van der Waals surface area contributed by atoms with Crippen LogP contribution in [0.5, 0.6) is 0 Å². The molecule has 1 atom stereocenters. The van der Waals surface area contributed by atoms with Crippen molar-refractivity contribution < 1.29 is 0 Å². The second-order valence-corrected chi connectivity index (χ2v) is 5.42. The van der Waals surface area contributed by atoms with Crippen LogP contribution in [0, 0.1) is 5.92 Å². The highest BCUT2D eigenvalue weighted by Crippen LogP contribution is 2.37. The Labute approximate surface area is 93.4 Å². The molecular formula is C10H15ClN2S. The van der Waals surface area contributed by atoms with Crippen LogP contribution in [0.25, 0.3) is 0 Å². The summed E-state index contributed by atoms with van der Waals surface area (Å²) < 4.78 is 0.846. The highest BCUT2D eigenvalue weighted by Gasteiger charge is 2.25. The Bertz CT molecular complexity index is 294. The maximum Gasteiger partial charge on any atom is 0.0931 e. The van der Waals surface area contributed by atoms with E-state index in [-0.39, 0.29) is 0 Å². The molecule has 1 aliphatic carbocycles. The highest BCUT2D eigenvalue weighted by atomic mass is 35.5. The molecule has 1 saturated carbocycles. The lowest BCUT2D eigenvalue weighted by Gasteiger charge is -2.21. The molecule has 1 aromatic rings. The predicted molar refractivity (Wildman–Crippen MR) is 61.4 cm³/mol. The summed E-state index contributed by atoms with van der Waals surface area (Å²) in [7, 11) is 0. The fourth-order valence-electron chi connectivity index (χ4n) is 2.28. The molecule has 0 bridgehead atoms. The van der Waals surface area contributed by atoms with Gasteiger partial charge in [-0.3, -0.25) is 11.3 Å². The third-order valence-electron chi connectivity index (χ3n) is 3.00. The van der Waals surface area contributed by atoms with E-state index in [9.17, 15) is 0 Å². The van der Waals surface area contributed by atoms with Crippen LogP contribution >= 0.6 is 22.9 Å². The molecule has 14 heavy (non-hydrogen) atoms. The van der Waals surface area contributed by atoms with Crippen molar-refractivity contribution in [2.45, 2.75) is 31.7 Å². The van der Waals surface area contributed by atoms with Crippen molar-refractivity contribution in [3.8, 4) is 0 Å². The van der Waals surface area contributed by atoms with Gasteiger partial charge < -0.3 is 0 Å². The number of thiophene rings is 1. The molecule has 1 heterocycles. The lowest BCUT2D eigenvalue weighted by Crippen LogP contribution is -2.32. The minimum absolute atomic E-state index is 0.293. The molecule has 0 aliphatic heterocycles. The van der Waals surface area contributed by atoms with E-state index in [2.05, 4.69) is 10.8 Å². The van der Waals surface area contributed by atoms with E-state index in [1.807, 2.05) is 6.07 Å². The Balaban J connectivity index is 2.12. The zero-order valence-corrected chi connectivity index (χ0v) is 9.57. The topological polar surface area (TPSA) is 38.0 Å².